The Bertz CT molecular complexity index is 372. The molecule has 2 aliphatic heterocycles. The summed E-state index contributed by atoms with van der Waals surface area (Å²) in [5.74, 6) is 0.659. The zero-order chi connectivity index (χ0) is 11.7. The molecule has 92 valence electrons. The molecule has 0 radical (unpaired) electrons. The first-order valence-electron chi connectivity index (χ1n) is 6.34. The van der Waals surface area contributed by atoms with Crippen molar-refractivity contribution in [3.63, 3.8) is 0 Å². The van der Waals surface area contributed by atoms with Crippen molar-refractivity contribution in [2.24, 2.45) is 0 Å². The van der Waals surface area contributed by atoms with Gasteiger partial charge in [-0.15, -0.1) is 0 Å². The van der Waals surface area contributed by atoms with Crippen LogP contribution in [0.4, 0.5) is 0 Å². The first kappa shape index (κ1) is 11.2. The largest absolute Gasteiger partial charge is 0.395 e. The Balaban J connectivity index is 1.79. The molecule has 0 spiro atoms. The van der Waals surface area contributed by atoms with Crippen LogP contribution in [0, 0.1) is 0 Å². The van der Waals surface area contributed by atoms with Crippen molar-refractivity contribution in [3.05, 3.63) is 35.4 Å². The molecule has 2 N–H and O–H groups in total. The summed E-state index contributed by atoms with van der Waals surface area (Å²) in [6, 6.07) is 8.74. The van der Waals surface area contributed by atoms with Crippen LogP contribution in [0.3, 0.4) is 0 Å². The lowest BCUT2D eigenvalue weighted by atomic mass is 9.79. The van der Waals surface area contributed by atoms with Gasteiger partial charge in [-0.25, -0.2) is 0 Å². The summed E-state index contributed by atoms with van der Waals surface area (Å²) < 4.78 is 5.24. The molecule has 1 aromatic carbocycles. The molecule has 3 heteroatoms. The fraction of sp³-hybridized carbons (Fsp3) is 0.571. The molecule has 0 amide bonds. The number of benzene rings is 1. The number of ether oxygens (including phenoxy) is 1. The van der Waals surface area contributed by atoms with Gasteiger partial charge < -0.3 is 15.2 Å². The molecule has 2 heterocycles. The van der Waals surface area contributed by atoms with E-state index in [2.05, 4.69) is 29.6 Å². The van der Waals surface area contributed by atoms with Crippen molar-refractivity contribution < 1.29 is 9.84 Å². The zero-order valence-corrected chi connectivity index (χ0v) is 9.98. The SMILES string of the molecule is OCC1(c2ccc(C3CCNC3)cc2)COC1. The van der Waals surface area contributed by atoms with E-state index in [1.807, 2.05) is 0 Å². The number of aliphatic hydroxyl groups excluding tert-OH is 1. The summed E-state index contributed by atoms with van der Waals surface area (Å²) in [7, 11) is 0. The monoisotopic (exact) mass is 233 g/mol. The normalized spacial score (nSPS) is 26.8. The van der Waals surface area contributed by atoms with Crippen LogP contribution < -0.4 is 5.32 Å². The van der Waals surface area contributed by atoms with Gasteiger partial charge in [0.05, 0.1) is 25.2 Å². The molecule has 1 unspecified atom stereocenters. The van der Waals surface area contributed by atoms with Crippen LogP contribution in [0.2, 0.25) is 0 Å². The molecule has 0 bridgehead atoms. The van der Waals surface area contributed by atoms with E-state index >= 15 is 0 Å². The van der Waals surface area contributed by atoms with Gasteiger partial charge in [-0.05, 0) is 30.0 Å². The highest BCUT2D eigenvalue weighted by atomic mass is 16.5. The number of hydrogen-bond donors (Lipinski definition) is 2. The highest BCUT2D eigenvalue weighted by Gasteiger charge is 2.39. The van der Waals surface area contributed by atoms with E-state index in [9.17, 15) is 5.11 Å². The zero-order valence-electron chi connectivity index (χ0n) is 9.98. The maximum absolute atomic E-state index is 9.48. The highest BCUT2D eigenvalue weighted by Crippen LogP contribution is 2.33. The lowest BCUT2D eigenvalue weighted by Gasteiger charge is -2.40. The third-order valence-corrected chi connectivity index (χ3v) is 4.11. The first-order chi connectivity index (χ1) is 8.34. The molecule has 2 saturated heterocycles. The van der Waals surface area contributed by atoms with Crippen molar-refractivity contribution in [1.29, 1.82) is 0 Å². The Labute approximate surface area is 102 Å². The minimum Gasteiger partial charge on any atom is -0.395 e. The minimum atomic E-state index is -0.132. The average Bonchev–Trinajstić information content (AvgIpc) is 2.83. The number of hydrogen-bond acceptors (Lipinski definition) is 3. The van der Waals surface area contributed by atoms with Crippen molar-refractivity contribution >= 4 is 0 Å². The fourth-order valence-corrected chi connectivity index (χ4v) is 2.75. The maximum Gasteiger partial charge on any atom is 0.0651 e. The molecule has 2 fully saturated rings. The van der Waals surface area contributed by atoms with Gasteiger partial charge in [-0.3, -0.25) is 0 Å². The summed E-state index contributed by atoms with van der Waals surface area (Å²) in [5, 5.41) is 12.9. The average molecular weight is 233 g/mol. The molecule has 0 aromatic heterocycles. The predicted octanol–water partition coefficient (Wildman–Crippen LogP) is 1.02. The second kappa shape index (κ2) is 4.41. The third kappa shape index (κ3) is 1.88. The summed E-state index contributed by atoms with van der Waals surface area (Å²) in [4.78, 5) is 0. The molecule has 0 aliphatic carbocycles. The van der Waals surface area contributed by atoms with E-state index in [1.54, 1.807) is 0 Å². The van der Waals surface area contributed by atoms with Crippen molar-refractivity contribution in [2.75, 3.05) is 32.9 Å². The van der Waals surface area contributed by atoms with Crippen molar-refractivity contribution in [3.8, 4) is 0 Å². The summed E-state index contributed by atoms with van der Waals surface area (Å²) in [5.41, 5.74) is 2.49. The fourth-order valence-electron chi connectivity index (χ4n) is 2.75. The van der Waals surface area contributed by atoms with E-state index < -0.39 is 0 Å². The molecule has 3 nitrogen and oxygen atoms in total. The quantitative estimate of drug-likeness (QED) is 0.819. The molecular weight excluding hydrogens is 214 g/mol. The third-order valence-electron chi connectivity index (χ3n) is 4.11. The van der Waals surface area contributed by atoms with Gasteiger partial charge in [-0.2, -0.15) is 0 Å². The Kier molecular flexibility index (Phi) is 2.90. The summed E-state index contributed by atoms with van der Waals surface area (Å²) >= 11 is 0. The van der Waals surface area contributed by atoms with Crippen LogP contribution in [0.25, 0.3) is 0 Å². The highest BCUT2D eigenvalue weighted by molar-refractivity contribution is 5.33. The molecular formula is C14H19NO2. The molecule has 2 aliphatic rings. The second-order valence-electron chi connectivity index (χ2n) is 5.24. The Morgan fingerprint density at radius 2 is 2.06 bits per heavy atom. The van der Waals surface area contributed by atoms with E-state index in [0.29, 0.717) is 19.1 Å². The number of rotatable bonds is 3. The van der Waals surface area contributed by atoms with Crippen LogP contribution in [-0.2, 0) is 10.2 Å². The topological polar surface area (TPSA) is 41.5 Å². The van der Waals surface area contributed by atoms with Gasteiger partial charge in [-0.1, -0.05) is 24.3 Å². The van der Waals surface area contributed by atoms with E-state index in [0.717, 1.165) is 13.1 Å². The van der Waals surface area contributed by atoms with Gasteiger partial charge in [0.25, 0.3) is 0 Å². The summed E-state index contributed by atoms with van der Waals surface area (Å²) in [6.07, 6.45) is 1.23. The smallest absolute Gasteiger partial charge is 0.0651 e. The van der Waals surface area contributed by atoms with Crippen LogP contribution in [0.5, 0.6) is 0 Å². The number of aliphatic hydroxyl groups is 1. The number of nitrogens with one attached hydrogen (secondary N) is 1. The van der Waals surface area contributed by atoms with Crippen LogP contribution in [-0.4, -0.2) is 38.0 Å². The van der Waals surface area contributed by atoms with Gasteiger partial charge in [0, 0.05) is 6.54 Å². The van der Waals surface area contributed by atoms with Crippen LogP contribution in [0.1, 0.15) is 23.5 Å². The lowest BCUT2D eigenvalue weighted by Crippen LogP contribution is -2.49. The van der Waals surface area contributed by atoms with Gasteiger partial charge >= 0.3 is 0 Å². The van der Waals surface area contributed by atoms with Crippen LogP contribution >= 0.6 is 0 Å². The Morgan fingerprint density at radius 3 is 2.53 bits per heavy atom. The Morgan fingerprint density at radius 1 is 1.29 bits per heavy atom. The minimum absolute atomic E-state index is 0.132. The standard InChI is InChI=1S/C14H19NO2/c16-8-14(9-17-10-14)13-3-1-11(2-4-13)12-5-6-15-7-12/h1-4,12,15-16H,5-10H2. The van der Waals surface area contributed by atoms with Gasteiger partial charge in [0.1, 0.15) is 0 Å². The predicted molar refractivity (Wildman–Crippen MR) is 66.3 cm³/mol. The van der Waals surface area contributed by atoms with Gasteiger partial charge in [0.15, 0.2) is 0 Å². The molecule has 1 atom stereocenters. The molecule has 3 rings (SSSR count). The van der Waals surface area contributed by atoms with E-state index in [-0.39, 0.29) is 12.0 Å². The summed E-state index contributed by atoms with van der Waals surface area (Å²) in [6.45, 7) is 3.69. The van der Waals surface area contributed by atoms with Crippen molar-refractivity contribution in [1.82, 2.24) is 5.32 Å². The molecule has 17 heavy (non-hydrogen) atoms. The van der Waals surface area contributed by atoms with Gasteiger partial charge in [0.2, 0.25) is 0 Å². The van der Waals surface area contributed by atoms with E-state index in [4.69, 9.17) is 4.74 Å². The van der Waals surface area contributed by atoms with Crippen molar-refractivity contribution in [2.45, 2.75) is 17.8 Å². The lowest BCUT2D eigenvalue weighted by molar-refractivity contribution is -0.0841. The van der Waals surface area contributed by atoms with E-state index in [1.165, 1.54) is 17.5 Å². The first-order valence-corrected chi connectivity index (χ1v) is 6.34. The molecule has 0 saturated carbocycles. The second-order valence-corrected chi connectivity index (χ2v) is 5.24. The molecule has 1 aromatic rings. The Hall–Kier alpha value is -0.900. The maximum atomic E-state index is 9.48. The van der Waals surface area contributed by atoms with Crippen LogP contribution in [0.15, 0.2) is 24.3 Å².